The van der Waals surface area contributed by atoms with Crippen LogP contribution < -0.4 is 5.69 Å². The SMILES string of the molecule is CCCN(C)C(=O)n1c(=O)n(Cc2ccc(C)cc2)c2ncncc21. The predicted octanol–water partition coefficient (Wildman–Crippen LogP) is 2.26. The third-order valence-corrected chi connectivity index (χ3v) is 4.13. The zero-order valence-electron chi connectivity index (χ0n) is 14.6. The van der Waals surface area contributed by atoms with Crippen LogP contribution in [0.1, 0.15) is 24.5 Å². The summed E-state index contributed by atoms with van der Waals surface area (Å²) in [5.41, 5.74) is 2.60. The number of carbonyl (C=O) groups excluding carboxylic acids is 1. The lowest BCUT2D eigenvalue weighted by Gasteiger charge is -2.15. The van der Waals surface area contributed by atoms with E-state index < -0.39 is 5.69 Å². The van der Waals surface area contributed by atoms with Crippen LogP contribution in [-0.2, 0) is 6.54 Å². The minimum Gasteiger partial charge on any atom is -0.327 e. The number of aryl methyl sites for hydroxylation is 1. The zero-order chi connectivity index (χ0) is 18.0. The Morgan fingerprint density at radius 2 is 1.96 bits per heavy atom. The molecule has 0 bridgehead atoms. The molecule has 3 rings (SSSR count). The summed E-state index contributed by atoms with van der Waals surface area (Å²) in [4.78, 5) is 35.4. The molecule has 0 aliphatic rings. The first kappa shape index (κ1) is 16.9. The molecular weight excluding hydrogens is 318 g/mol. The summed E-state index contributed by atoms with van der Waals surface area (Å²) < 4.78 is 2.67. The second kappa shape index (κ2) is 6.88. The van der Waals surface area contributed by atoms with Gasteiger partial charge in [-0.1, -0.05) is 36.8 Å². The van der Waals surface area contributed by atoms with Crippen LogP contribution in [0.4, 0.5) is 4.79 Å². The zero-order valence-corrected chi connectivity index (χ0v) is 14.6. The van der Waals surface area contributed by atoms with E-state index in [4.69, 9.17) is 0 Å². The largest absolute Gasteiger partial charge is 0.339 e. The van der Waals surface area contributed by atoms with Crippen molar-refractivity contribution in [1.29, 1.82) is 0 Å². The number of carbonyl (C=O) groups is 1. The number of aromatic nitrogens is 4. The Balaban J connectivity index is 2.10. The van der Waals surface area contributed by atoms with Crippen molar-refractivity contribution in [3.8, 4) is 0 Å². The van der Waals surface area contributed by atoms with Crippen molar-refractivity contribution in [1.82, 2.24) is 24.0 Å². The van der Waals surface area contributed by atoms with Crippen LogP contribution in [0.5, 0.6) is 0 Å². The van der Waals surface area contributed by atoms with Gasteiger partial charge in [0.15, 0.2) is 5.65 Å². The van der Waals surface area contributed by atoms with Gasteiger partial charge in [-0.15, -0.1) is 0 Å². The van der Waals surface area contributed by atoms with Crippen LogP contribution in [-0.4, -0.2) is 43.6 Å². The van der Waals surface area contributed by atoms with E-state index in [0.29, 0.717) is 24.3 Å². The monoisotopic (exact) mass is 339 g/mol. The highest BCUT2D eigenvalue weighted by Gasteiger charge is 2.22. The van der Waals surface area contributed by atoms with Crippen LogP contribution in [0.25, 0.3) is 11.2 Å². The van der Waals surface area contributed by atoms with Crippen molar-refractivity contribution < 1.29 is 4.79 Å². The fraction of sp³-hybridized carbons (Fsp3) is 0.333. The van der Waals surface area contributed by atoms with E-state index in [1.54, 1.807) is 7.05 Å². The molecule has 0 radical (unpaired) electrons. The van der Waals surface area contributed by atoms with Crippen molar-refractivity contribution >= 4 is 17.2 Å². The van der Waals surface area contributed by atoms with E-state index >= 15 is 0 Å². The number of hydrogen-bond acceptors (Lipinski definition) is 4. The lowest BCUT2D eigenvalue weighted by molar-refractivity contribution is 0.210. The number of imidazole rings is 1. The summed E-state index contributed by atoms with van der Waals surface area (Å²) in [6.45, 7) is 4.92. The first-order chi connectivity index (χ1) is 12.0. The van der Waals surface area contributed by atoms with Gasteiger partial charge in [0, 0.05) is 13.6 Å². The molecule has 0 aliphatic heterocycles. The summed E-state index contributed by atoms with van der Waals surface area (Å²) >= 11 is 0. The molecule has 0 saturated carbocycles. The average molecular weight is 339 g/mol. The third-order valence-electron chi connectivity index (χ3n) is 4.13. The highest BCUT2D eigenvalue weighted by atomic mass is 16.2. The molecule has 25 heavy (non-hydrogen) atoms. The molecule has 7 heteroatoms. The highest BCUT2D eigenvalue weighted by Crippen LogP contribution is 2.12. The maximum Gasteiger partial charge on any atom is 0.339 e. The fourth-order valence-corrected chi connectivity index (χ4v) is 2.80. The van der Waals surface area contributed by atoms with Crippen LogP contribution in [0.15, 0.2) is 41.6 Å². The summed E-state index contributed by atoms with van der Waals surface area (Å²) in [5, 5.41) is 0. The van der Waals surface area contributed by atoms with E-state index in [2.05, 4.69) is 9.97 Å². The number of fused-ring (bicyclic) bond motifs is 1. The smallest absolute Gasteiger partial charge is 0.327 e. The van der Waals surface area contributed by atoms with Gasteiger partial charge in [-0.2, -0.15) is 0 Å². The van der Waals surface area contributed by atoms with Crippen LogP contribution in [0, 0.1) is 6.92 Å². The maximum atomic E-state index is 12.9. The first-order valence-electron chi connectivity index (χ1n) is 8.25. The Labute approximate surface area is 145 Å². The Bertz CT molecular complexity index is 956. The second-order valence-electron chi connectivity index (χ2n) is 6.13. The van der Waals surface area contributed by atoms with Gasteiger partial charge in [-0.05, 0) is 18.9 Å². The molecule has 2 aromatic heterocycles. The molecule has 2 heterocycles. The van der Waals surface area contributed by atoms with Gasteiger partial charge in [-0.3, -0.25) is 4.57 Å². The van der Waals surface area contributed by atoms with Gasteiger partial charge in [0.05, 0.1) is 12.7 Å². The molecule has 0 unspecified atom stereocenters. The lowest BCUT2D eigenvalue weighted by Crippen LogP contribution is -2.38. The Hall–Kier alpha value is -2.96. The average Bonchev–Trinajstić information content (AvgIpc) is 2.88. The second-order valence-corrected chi connectivity index (χ2v) is 6.13. The standard InChI is InChI=1S/C18H21N5O2/c1-4-9-21(3)17(24)23-15-10-19-12-20-16(15)22(18(23)25)11-14-7-5-13(2)6-8-14/h5-8,10,12H,4,9,11H2,1-3H3. The quantitative estimate of drug-likeness (QED) is 0.731. The number of rotatable bonds is 4. The van der Waals surface area contributed by atoms with Crippen LogP contribution in [0.3, 0.4) is 0 Å². The molecular formula is C18H21N5O2. The molecule has 3 aromatic rings. The molecule has 0 atom stereocenters. The number of hydrogen-bond donors (Lipinski definition) is 0. The van der Waals surface area contributed by atoms with E-state index in [1.165, 1.54) is 22.0 Å². The van der Waals surface area contributed by atoms with Crippen molar-refractivity contribution in [2.75, 3.05) is 13.6 Å². The van der Waals surface area contributed by atoms with E-state index in [1.807, 2.05) is 38.1 Å². The van der Waals surface area contributed by atoms with E-state index in [-0.39, 0.29) is 6.03 Å². The molecule has 7 nitrogen and oxygen atoms in total. The van der Waals surface area contributed by atoms with Gasteiger partial charge in [-0.25, -0.2) is 24.1 Å². The lowest BCUT2D eigenvalue weighted by atomic mass is 10.1. The molecule has 1 amide bonds. The van der Waals surface area contributed by atoms with Gasteiger partial charge in [0.2, 0.25) is 0 Å². The molecule has 0 fully saturated rings. The summed E-state index contributed by atoms with van der Waals surface area (Å²) in [7, 11) is 1.69. The number of nitrogens with zero attached hydrogens (tertiary/aromatic N) is 5. The van der Waals surface area contributed by atoms with Gasteiger partial charge >= 0.3 is 11.7 Å². The number of amides is 1. The Kier molecular flexibility index (Phi) is 4.65. The topological polar surface area (TPSA) is 73.0 Å². The van der Waals surface area contributed by atoms with Crippen molar-refractivity contribution in [2.45, 2.75) is 26.8 Å². The molecule has 0 aliphatic carbocycles. The Morgan fingerprint density at radius 3 is 2.64 bits per heavy atom. The Morgan fingerprint density at radius 1 is 1.24 bits per heavy atom. The van der Waals surface area contributed by atoms with Gasteiger partial charge in [0.1, 0.15) is 11.8 Å². The summed E-state index contributed by atoms with van der Waals surface area (Å²) in [6, 6.07) is 7.56. The molecule has 1 aromatic carbocycles. The normalized spacial score (nSPS) is 11.0. The van der Waals surface area contributed by atoms with E-state index in [9.17, 15) is 9.59 Å². The van der Waals surface area contributed by atoms with Crippen LogP contribution >= 0.6 is 0 Å². The molecule has 0 spiro atoms. The fourth-order valence-electron chi connectivity index (χ4n) is 2.80. The first-order valence-corrected chi connectivity index (χ1v) is 8.25. The van der Waals surface area contributed by atoms with Crippen LogP contribution in [0.2, 0.25) is 0 Å². The van der Waals surface area contributed by atoms with Crippen molar-refractivity contribution in [3.05, 3.63) is 58.4 Å². The maximum absolute atomic E-state index is 12.9. The molecule has 0 N–H and O–H groups in total. The highest BCUT2D eigenvalue weighted by molar-refractivity contribution is 5.87. The van der Waals surface area contributed by atoms with Crippen molar-refractivity contribution in [3.63, 3.8) is 0 Å². The number of benzene rings is 1. The molecule has 0 saturated heterocycles. The predicted molar refractivity (Wildman–Crippen MR) is 95.8 cm³/mol. The summed E-state index contributed by atoms with van der Waals surface area (Å²) in [6.07, 6.45) is 3.71. The van der Waals surface area contributed by atoms with Gasteiger partial charge < -0.3 is 4.90 Å². The van der Waals surface area contributed by atoms with E-state index in [0.717, 1.165) is 22.1 Å². The summed E-state index contributed by atoms with van der Waals surface area (Å²) in [5.74, 6) is 0. The van der Waals surface area contributed by atoms with Gasteiger partial charge in [0.25, 0.3) is 0 Å². The minimum absolute atomic E-state index is 0.352. The van der Waals surface area contributed by atoms with Crippen molar-refractivity contribution in [2.24, 2.45) is 0 Å². The molecule has 130 valence electrons. The minimum atomic E-state index is -0.399. The third kappa shape index (κ3) is 3.17.